The summed E-state index contributed by atoms with van der Waals surface area (Å²) in [4.78, 5) is 191. The predicted molar refractivity (Wildman–Crippen MR) is 372 cm³/mol. The van der Waals surface area contributed by atoms with Gasteiger partial charge in [0.2, 0.25) is 70.9 Å². The average Bonchev–Trinajstić information content (AvgIpc) is 1.74. The maximum Gasteiger partial charge on any atom is 0.393 e. The number of rotatable bonds is 12. The highest BCUT2D eigenvalue weighted by Gasteiger charge is 2.52. The molecule has 0 aromatic rings. The molecule has 0 aromatic carbocycles. The molecule has 3 saturated heterocycles. The fraction of sp³-hybridized carbons (Fsp3) is 0.833. The zero-order chi connectivity index (χ0) is 74.4. The number of nitrogens with zero attached hydrogens (tertiary/aromatic N) is 9. The molecule has 4 aliphatic carbocycles. The molecule has 7 rings (SSSR count). The lowest BCUT2D eigenvalue weighted by atomic mass is 9.78. The molecule has 3 N–H and O–H groups in total. The summed E-state index contributed by atoms with van der Waals surface area (Å²) in [5.74, 6) is -10.7. The van der Waals surface area contributed by atoms with E-state index in [9.17, 15) is 37.1 Å². The number of ether oxygens (including phenoxy) is 1. The molecular weight excluding hydrogens is 1330 g/mol. The Morgan fingerprint density at radius 3 is 1.85 bits per heavy atom. The highest BCUT2D eigenvalue weighted by atomic mass is 35.5. The Balaban J connectivity index is 1.28. The Hall–Kier alpha value is -6.32. The van der Waals surface area contributed by atoms with E-state index >= 15 is 33.6 Å². The third-order valence-electron chi connectivity index (χ3n) is 23.0. The van der Waals surface area contributed by atoms with E-state index in [-0.39, 0.29) is 121 Å². The van der Waals surface area contributed by atoms with Crippen molar-refractivity contribution in [1.29, 1.82) is 0 Å². The second-order valence-corrected chi connectivity index (χ2v) is 31.2. The van der Waals surface area contributed by atoms with Gasteiger partial charge in [-0.3, -0.25) is 57.5 Å². The number of carbonyl (C=O) groups is 12. The number of halogens is 4. The highest BCUT2D eigenvalue weighted by molar-refractivity contribution is 6.21. The van der Waals surface area contributed by atoms with Gasteiger partial charge in [0, 0.05) is 73.8 Å². The summed E-state index contributed by atoms with van der Waals surface area (Å²) in [6.45, 7) is 8.23. The van der Waals surface area contributed by atoms with Gasteiger partial charge in [-0.1, -0.05) is 91.9 Å². The fourth-order valence-electron chi connectivity index (χ4n) is 16.6. The van der Waals surface area contributed by atoms with Gasteiger partial charge in [0.25, 0.3) is 0 Å². The van der Waals surface area contributed by atoms with Gasteiger partial charge in [0.15, 0.2) is 0 Å². The predicted octanol–water partition coefficient (Wildman–Crippen LogP) is 5.33. The molecule has 7 fully saturated rings. The standard InChI is InChI=1S/C72H116ClF3N12O13/c1-12-46(5)61-68(98)82(8)43-59(91)80(6)44-60(92)87(13-2)56(40-47-22-15-14-16-23-47)66(96)81(7)42-57(89)77-52(30-28-48-27-29-50(51(73)39-48)72(74,75)76)65(95)88-33-21-26-53(88)64(94)79-71(31-19-20-32-71)70(100)85(11)62(49-24-17-18-25-49)69(99)84(10)55(67(97)86-34-36-101-37-35-86)41-58(90)83(9)54(38-45(3)4)63(93)78-61/h45-56,61-62H,12-44H2,1-11H3,(H,77,89)(H,78,93)(H,79,94)/t46-,48?,50?,51?,52-,53-,54-,55-,56-,61-,62-/m0/s1. The zero-order valence-electron chi connectivity index (χ0n) is 61.8. The molecule has 29 heteroatoms. The number of fused-ring (bicyclic) bond motifs is 1. The lowest BCUT2D eigenvalue weighted by molar-refractivity contribution is -0.182. The average molecular weight is 1450 g/mol. The van der Waals surface area contributed by atoms with Crippen LogP contribution in [0.3, 0.4) is 0 Å². The minimum absolute atomic E-state index is 0.000611. The smallest absolute Gasteiger partial charge is 0.378 e. The largest absolute Gasteiger partial charge is 0.393 e. The Morgan fingerprint density at radius 2 is 1.25 bits per heavy atom. The number of hydrogen-bond donors (Lipinski definition) is 3. The van der Waals surface area contributed by atoms with Crippen molar-refractivity contribution in [3.05, 3.63) is 0 Å². The van der Waals surface area contributed by atoms with Crippen molar-refractivity contribution in [2.75, 3.05) is 101 Å². The monoisotopic (exact) mass is 1450 g/mol. The molecule has 0 bridgehead atoms. The van der Waals surface area contributed by atoms with Crippen LogP contribution in [0.5, 0.6) is 0 Å². The Kier molecular flexibility index (Phi) is 29.9. The van der Waals surface area contributed by atoms with Gasteiger partial charge in [-0.25, -0.2) is 0 Å². The van der Waals surface area contributed by atoms with Gasteiger partial charge in [-0.2, -0.15) is 13.2 Å². The van der Waals surface area contributed by atoms with Crippen LogP contribution in [0.15, 0.2) is 0 Å². The molecule has 3 aliphatic heterocycles. The summed E-state index contributed by atoms with van der Waals surface area (Å²) in [6.07, 6.45) is 4.62. The van der Waals surface area contributed by atoms with Crippen molar-refractivity contribution < 1.29 is 75.4 Å². The number of likely N-dealkylation sites (N-methyl/N-ethyl adjacent to an activating group) is 7. The highest BCUT2D eigenvalue weighted by Crippen LogP contribution is 2.44. The van der Waals surface area contributed by atoms with Gasteiger partial charge in [-0.15, -0.1) is 11.6 Å². The lowest BCUT2D eigenvalue weighted by Crippen LogP contribution is -2.65. The molecule has 7 aliphatic rings. The molecule has 12 amide bonds. The van der Waals surface area contributed by atoms with Crippen molar-refractivity contribution in [1.82, 2.24) is 60.0 Å². The first-order chi connectivity index (χ1) is 47.7. The van der Waals surface area contributed by atoms with Crippen molar-refractivity contribution in [3.8, 4) is 0 Å². The fourth-order valence-corrected chi connectivity index (χ4v) is 17.2. The number of carbonyl (C=O) groups excluding carboxylic acids is 12. The summed E-state index contributed by atoms with van der Waals surface area (Å²) < 4.78 is 47.7. The topological polar surface area (TPSA) is 279 Å². The number of hydrogen-bond acceptors (Lipinski definition) is 13. The van der Waals surface area contributed by atoms with E-state index in [1.807, 2.05) is 20.8 Å². The van der Waals surface area contributed by atoms with Crippen molar-refractivity contribution in [3.63, 3.8) is 0 Å². The summed E-state index contributed by atoms with van der Waals surface area (Å²) in [5, 5.41) is 7.62. The van der Waals surface area contributed by atoms with Crippen LogP contribution in [0.25, 0.3) is 0 Å². The van der Waals surface area contributed by atoms with Crippen LogP contribution in [0.4, 0.5) is 13.2 Å². The van der Waals surface area contributed by atoms with Crippen LogP contribution < -0.4 is 16.0 Å². The molecule has 0 aromatic heterocycles. The Morgan fingerprint density at radius 1 is 0.624 bits per heavy atom. The summed E-state index contributed by atoms with van der Waals surface area (Å²) in [5.41, 5.74) is -1.56. The van der Waals surface area contributed by atoms with Gasteiger partial charge in [-0.05, 0) is 120 Å². The third kappa shape index (κ3) is 20.8. The second-order valence-electron chi connectivity index (χ2n) is 30.6. The zero-order valence-corrected chi connectivity index (χ0v) is 62.5. The van der Waals surface area contributed by atoms with Crippen LogP contribution in [0.1, 0.15) is 189 Å². The van der Waals surface area contributed by atoms with Crippen molar-refractivity contribution in [2.24, 2.45) is 35.5 Å². The van der Waals surface area contributed by atoms with E-state index in [0.29, 0.717) is 38.5 Å². The van der Waals surface area contributed by atoms with Crippen LogP contribution in [0, 0.1) is 35.5 Å². The molecule has 3 heterocycles. The summed E-state index contributed by atoms with van der Waals surface area (Å²) >= 11 is 6.41. The van der Waals surface area contributed by atoms with Crippen LogP contribution in [0.2, 0.25) is 0 Å². The van der Waals surface area contributed by atoms with E-state index in [1.54, 1.807) is 13.8 Å². The van der Waals surface area contributed by atoms with Crippen molar-refractivity contribution >= 4 is 82.5 Å². The first kappa shape index (κ1) is 82.0. The van der Waals surface area contributed by atoms with Crippen LogP contribution >= 0.6 is 11.6 Å². The quantitative estimate of drug-likeness (QED) is 0.209. The summed E-state index contributed by atoms with van der Waals surface area (Å²) in [7, 11) is 8.59. The maximum atomic E-state index is 15.7. The number of nitrogens with one attached hydrogen (secondary N) is 3. The molecule has 1 spiro atoms. The molecular formula is C72H116ClF3N12O13. The van der Waals surface area contributed by atoms with Crippen LogP contribution in [-0.2, 0) is 62.3 Å². The van der Waals surface area contributed by atoms with Crippen LogP contribution in [-0.4, -0.2) is 276 Å². The van der Waals surface area contributed by atoms with E-state index in [2.05, 4.69) is 16.0 Å². The third-order valence-corrected chi connectivity index (χ3v) is 23.5. The molecule has 570 valence electrons. The van der Waals surface area contributed by atoms with Gasteiger partial charge in [0.05, 0.1) is 45.2 Å². The molecule has 11 atom stereocenters. The summed E-state index contributed by atoms with van der Waals surface area (Å²) in [6, 6.07) is -8.62. The van der Waals surface area contributed by atoms with E-state index < -0.39 is 174 Å². The molecule has 25 nitrogen and oxygen atoms in total. The first-order valence-electron chi connectivity index (χ1n) is 37.4. The Labute approximate surface area is 600 Å². The first-order valence-corrected chi connectivity index (χ1v) is 37.8. The minimum atomic E-state index is -4.51. The molecule has 0 radical (unpaired) electrons. The van der Waals surface area contributed by atoms with E-state index in [1.165, 1.54) is 76.6 Å². The normalized spacial score (nSPS) is 29.8. The number of amides is 12. The van der Waals surface area contributed by atoms with Gasteiger partial charge >= 0.3 is 6.18 Å². The second kappa shape index (κ2) is 36.9. The number of alkyl halides is 4. The lowest BCUT2D eigenvalue weighted by Gasteiger charge is -2.42. The maximum absolute atomic E-state index is 15.7. The molecule has 101 heavy (non-hydrogen) atoms. The van der Waals surface area contributed by atoms with E-state index in [4.69, 9.17) is 16.3 Å². The molecule has 3 unspecified atom stereocenters. The SMILES string of the molecule is CC[C@H](C)[C@@H]1NC(=O)[C@H](CC(C)C)N(C)C(=O)C[C@@H](C(=O)N2CCOCC2)N(C)C(=O)[C@H](C2CCCC2)N(C)C(=O)C2(CCCC2)NC(=O)[C@@H]2CCCN2C(=O)[C@H](CCC2CCC(C(F)(F)F)C(Cl)C2)NC(=O)CN(C)C(=O)[C@H](CC2CCCCC2)N(CC)C(=O)CN(C)C(=O)CN(C)C1=O. The van der Waals surface area contributed by atoms with Gasteiger partial charge in [0.1, 0.15) is 47.8 Å². The van der Waals surface area contributed by atoms with Crippen molar-refractivity contribution in [2.45, 2.75) is 248 Å². The minimum Gasteiger partial charge on any atom is -0.378 e. The van der Waals surface area contributed by atoms with Gasteiger partial charge < -0.3 is 64.8 Å². The Bertz CT molecular complexity index is 2920. The molecule has 4 saturated carbocycles. The number of morpholine rings is 1. The van der Waals surface area contributed by atoms with E-state index in [0.717, 1.165) is 54.7 Å².